The van der Waals surface area contributed by atoms with Gasteiger partial charge in [0.2, 0.25) is 5.91 Å². The van der Waals surface area contributed by atoms with Crippen LogP contribution in [-0.4, -0.2) is 71.9 Å². The second kappa shape index (κ2) is 7.70. The highest BCUT2D eigenvalue weighted by atomic mass is 16.3. The molecule has 2 saturated heterocycles. The van der Waals surface area contributed by atoms with Crippen LogP contribution in [0.5, 0.6) is 0 Å². The normalized spacial score (nSPS) is 20.0. The molecule has 3 rings (SSSR count). The average molecular weight is 334 g/mol. The first kappa shape index (κ1) is 16.8. The molecule has 1 aromatic rings. The fourth-order valence-electron chi connectivity index (χ4n) is 3.48. The summed E-state index contributed by atoms with van der Waals surface area (Å²) in [6.45, 7) is 7.02. The number of hydrogen-bond donors (Lipinski definition) is 1. The zero-order valence-electron chi connectivity index (χ0n) is 14.2. The van der Waals surface area contributed by atoms with Gasteiger partial charge in [0, 0.05) is 38.8 Å². The highest BCUT2D eigenvalue weighted by Gasteiger charge is 2.34. The van der Waals surface area contributed by atoms with Gasteiger partial charge in [-0.2, -0.15) is 0 Å². The van der Waals surface area contributed by atoms with E-state index in [4.69, 9.17) is 4.42 Å². The molecule has 2 fully saturated rings. The van der Waals surface area contributed by atoms with Gasteiger partial charge >= 0.3 is 6.03 Å². The summed E-state index contributed by atoms with van der Waals surface area (Å²) in [5.41, 5.74) is 0. The number of likely N-dealkylation sites (N-methyl/N-ethyl adjacent to an activating group) is 1. The number of furan rings is 1. The van der Waals surface area contributed by atoms with E-state index in [1.54, 1.807) is 6.26 Å². The smallest absolute Gasteiger partial charge is 0.320 e. The third-order valence-corrected chi connectivity index (χ3v) is 4.91. The molecule has 1 aromatic heterocycles. The van der Waals surface area contributed by atoms with Gasteiger partial charge in [0.05, 0.1) is 19.4 Å². The van der Waals surface area contributed by atoms with Crippen molar-refractivity contribution in [2.45, 2.75) is 32.4 Å². The number of amides is 3. The first-order valence-electron chi connectivity index (χ1n) is 8.74. The Bertz CT molecular complexity index is 552. The van der Waals surface area contributed by atoms with Crippen LogP contribution in [0.25, 0.3) is 0 Å². The first-order valence-corrected chi connectivity index (χ1v) is 8.74. The molecule has 0 spiro atoms. The van der Waals surface area contributed by atoms with Crippen LogP contribution in [0.2, 0.25) is 0 Å². The number of piperidine rings is 1. The molecule has 0 saturated carbocycles. The molecule has 24 heavy (non-hydrogen) atoms. The lowest BCUT2D eigenvalue weighted by Gasteiger charge is -2.36. The molecule has 0 aliphatic carbocycles. The van der Waals surface area contributed by atoms with Gasteiger partial charge in [0.15, 0.2) is 0 Å². The van der Waals surface area contributed by atoms with Crippen LogP contribution in [0.4, 0.5) is 4.79 Å². The van der Waals surface area contributed by atoms with E-state index in [1.165, 1.54) is 0 Å². The molecule has 2 aliphatic rings. The summed E-state index contributed by atoms with van der Waals surface area (Å²) in [6.07, 6.45) is 3.48. The second-order valence-corrected chi connectivity index (χ2v) is 6.42. The minimum atomic E-state index is 0.0132. The van der Waals surface area contributed by atoms with Crippen LogP contribution < -0.4 is 5.32 Å². The molecule has 0 aromatic carbocycles. The molecular formula is C17H26N4O3. The molecule has 132 valence electrons. The summed E-state index contributed by atoms with van der Waals surface area (Å²) in [7, 11) is 0. The van der Waals surface area contributed by atoms with Crippen LogP contribution in [0.15, 0.2) is 22.8 Å². The topological polar surface area (TPSA) is 69.0 Å². The van der Waals surface area contributed by atoms with E-state index in [0.29, 0.717) is 19.1 Å². The predicted molar refractivity (Wildman–Crippen MR) is 89.4 cm³/mol. The lowest BCUT2D eigenvalue weighted by atomic mass is 10.0. The third-order valence-electron chi connectivity index (χ3n) is 4.91. The minimum Gasteiger partial charge on any atom is -0.467 e. The average Bonchev–Trinajstić information content (AvgIpc) is 3.23. The maximum Gasteiger partial charge on any atom is 0.320 e. The van der Waals surface area contributed by atoms with E-state index in [0.717, 1.165) is 51.3 Å². The van der Waals surface area contributed by atoms with Crippen molar-refractivity contribution < 1.29 is 14.0 Å². The van der Waals surface area contributed by atoms with E-state index in [2.05, 4.69) is 10.2 Å². The van der Waals surface area contributed by atoms with Gasteiger partial charge in [0.25, 0.3) is 0 Å². The first-order chi connectivity index (χ1) is 11.7. The number of hydrogen-bond acceptors (Lipinski definition) is 4. The lowest BCUT2D eigenvalue weighted by molar-refractivity contribution is -0.122. The number of nitrogens with zero attached hydrogens (tertiary/aromatic N) is 3. The Morgan fingerprint density at radius 2 is 2.08 bits per heavy atom. The molecule has 7 heteroatoms. The monoisotopic (exact) mass is 334 g/mol. The molecular weight excluding hydrogens is 308 g/mol. The van der Waals surface area contributed by atoms with Crippen LogP contribution in [0, 0.1) is 0 Å². The van der Waals surface area contributed by atoms with Crippen molar-refractivity contribution in [3.05, 3.63) is 24.2 Å². The number of carbonyl (C=O) groups excluding carboxylic acids is 2. The zero-order chi connectivity index (χ0) is 16.9. The van der Waals surface area contributed by atoms with Crippen molar-refractivity contribution in [1.82, 2.24) is 20.0 Å². The highest BCUT2D eigenvalue weighted by molar-refractivity contribution is 5.78. The summed E-state index contributed by atoms with van der Waals surface area (Å²) in [4.78, 5) is 30.3. The van der Waals surface area contributed by atoms with Gasteiger partial charge in [-0.05, 0) is 31.9 Å². The minimum absolute atomic E-state index is 0.0132. The van der Waals surface area contributed by atoms with Crippen molar-refractivity contribution in [2.24, 2.45) is 0 Å². The fourth-order valence-corrected chi connectivity index (χ4v) is 3.48. The molecule has 2 aliphatic heterocycles. The van der Waals surface area contributed by atoms with Gasteiger partial charge in [-0.25, -0.2) is 4.79 Å². The third kappa shape index (κ3) is 3.90. The van der Waals surface area contributed by atoms with Gasteiger partial charge in [0.1, 0.15) is 5.76 Å². The molecule has 0 bridgehead atoms. The Kier molecular flexibility index (Phi) is 5.40. The molecule has 0 radical (unpaired) electrons. The quantitative estimate of drug-likeness (QED) is 0.846. The SMILES string of the molecule is CCN1CCN(C2CCN(CC(=O)NCc3ccco3)CC2)C1=O. The van der Waals surface area contributed by atoms with E-state index >= 15 is 0 Å². The Labute approximate surface area is 142 Å². The molecule has 3 heterocycles. The van der Waals surface area contributed by atoms with Gasteiger partial charge in [-0.15, -0.1) is 0 Å². The fraction of sp³-hybridized carbons (Fsp3) is 0.647. The van der Waals surface area contributed by atoms with Crippen LogP contribution in [-0.2, 0) is 11.3 Å². The molecule has 0 unspecified atom stereocenters. The highest BCUT2D eigenvalue weighted by Crippen LogP contribution is 2.21. The predicted octanol–water partition coefficient (Wildman–Crippen LogP) is 1.12. The van der Waals surface area contributed by atoms with Crippen LogP contribution >= 0.6 is 0 Å². The summed E-state index contributed by atoms with van der Waals surface area (Å²) < 4.78 is 5.20. The standard InChI is InChI=1S/C17H26N4O3/c1-2-20-9-10-21(17(20)23)14-5-7-19(8-6-14)13-16(22)18-12-15-4-3-11-24-15/h3-4,11,14H,2,5-10,12-13H2,1H3,(H,18,22). The van der Waals surface area contributed by atoms with Crippen molar-refractivity contribution in [1.29, 1.82) is 0 Å². The summed E-state index contributed by atoms with van der Waals surface area (Å²) in [6, 6.07) is 4.15. The Morgan fingerprint density at radius 1 is 1.29 bits per heavy atom. The van der Waals surface area contributed by atoms with Crippen LogP contribution in [0.1, 0.15) is 25.5 Å². The number of urea groups is 1. The van der Waals surface area contributed by atoms with E-state index < -0.39 is 0 Å². The van der Waals surface area contributed by atoms with Crippen molar-refractivity contribution in [2.75, 3.05) is 39.3 Å². The van der Waals surface area contributed by atoms with Gasteiger partial charge in [-0.3, -0.25) is 9.69 Å². The van der Waals surface area contributed by atoms with Gasteiger partial charge in [-0.1, -0.05) is 0 Å². The maximum atomic E-state index is 12.3. The molecule has 7 nitrogen and oxygen atoms in total. The van der Waals surface area contributed by atoms with Crippen molar-refractivity contribution in [3.8, 4) is 0 Å². The number of rotatable bonds is 6. The largest absolute Gasteiger partial charge is 0.467 e. The Balaban J connectivity index is 1.39. The Hall–Kier alpha value is -2.02. The number of likely N-dealkylation sites (tertiary alicyclic amines) is 1. The summed E-state index contributed by atoms with van der Waals surface area (Å²) >= 11 is 0. The number of nitrogens with one attached hydrogen (secondary N) is 1. The van der Waals surface area contributed by atoms with Crippen molar-refractivity contribution in [3.63, 3.8) is 0 Å². The summed E-state index contributed by atoms with van der Waals surface area (Å²) in [5.74, 6) is 0.773. The second-order valence-electron chi connectivity index (χ2n) is 6.42. The Morgan fingerprint density at radius 3 is 2.71 bits per heavy atom. The molecule has 1 N–H and O–H groups in total. The summed E-state index contributed by atoms with van der Waals surface area (Å²) in [5, 5.41) is 2.87. The lowest BCUT2D eigenvalue weighted by Crippen LogP contribution is -2.48. The maximum absolute atomic E-state index is 12.3. The molecule has 0 atom stereocenters. The van der Waals surface area contributed by atoms with E-state index in [-0.39, 0.29) is 11.9 Å². The van der Waals surface area contributed by atoms with Crippen molar-refractivity contribution >= 4 is 11.9 Å². The molecule has 3 amide bonds. The van der Waals surface area contributed by atoms with E-state index in [1.807, 2.05) is 28.9 Å². The number of carbonyl (C=O) groups is 2. The zero-order valence-corrected chi connectivity index (χ0v) is 14.2. The van der Waals surface area contributed by atoms with Crippen LogP contribution in [0.3, 0.4) is 0 Å². The van der Waals surface area contributed by atoms with E-state index in [9.17, 15) is 9.59 Å². The van der Waals surface area contributed by atoms with Gasteiger partial charge < -0.3 is 19.5 Å².